The standard InChI is InChI=1S/C21H36N4O4S.HI/c1-17(2)25(4)30(26,27)20-10-8-18(9-11-20)15-24-21(22-3)23-12-6-13-28-16-19-7-5-14-29-19;/h8-11,17,19H,5-7,12-16H2,1-4H3,(H2,22,23,24);1H. The molecule has 1 aliphatic rings. The number of rotatable bonds is 11. The maximum absolute atomic E-state index is 12.5. The normalized spacial score (nSPS) is 17.1. The lowest BCUT2D eigenvalue weighted by Crippen LogP contribution is -2.37. The zero-order chi connectivity index (χ0) is 22.0. The van der Waals surface area contributed by atoms with Gasteiger partial charge < -0.3 is 20.1 Å². The second-order valence-electron chi connectivity index (χ2n) is 7.67. The first-order valence-electron chi connectivity index (χ1n) is 10.6. The highest BCUT2D eigenvalue weighted by atomic mass is 127. The van der Waals surface area contributed by atoms with Gasteiger partial charge in [0, 0.05) is 46.4 Å². The summed E-state index contributed by atoms with van der Waals surface area (Å²) in [6, 6.07) is 6.84. The van der Waals surface area contributed by atoms with Crippen molar-refractivity contribution in [2.75, 3.05) is 40.5 Å². The van der Waals surface area contributed by atoms with Gasteiger partial charge in [0.25, 0.3) is 0 Å². The fraction of sp³-hybridized carbons (Fsp3) is 0.667. The minimum atomic E-state index is -3.46. The van der Waals surface area contributed by atoms with E-state index < -0.39 is 10.0 Å². The summed E-state index contributed by atoms with van der Waals surface area (Å²) in [4.78, 5) is 4.51. The number of ether oxygens (including phenoxy) is 2. The van der Waals surface area contributed by atoms with Crippen LogP contribution in [0.3, 0.4) is 0 Å². The SMILES string of the molecule is CN=C(NCCCOCC1CCCO1)NCc1ccc(S(=O)(=O)N(C)C(C)C)cc1.I. The first kappa shape index (κ1) is 28.1. The Morgan fingerprint density at radius 2 is 2.00 bits per heavy atom. The number of hydrogen-bond acceptors (Lipinski definition) is 5. The van der Waals surface area contributed by atoms with E-state index in [4.69, 9.17) is 9.47 Å². The van der Waals surface area contributed by atoms with Crippen molar-refractivity contribution in [3.05, 3.63) is 29.8 Å². The van der Waals surface area contributed by atoms with Crippen LogP contribution in [0, 0.1) is 0 Å². The molecule has 0 radical (unpaired) electrons. The summed E-state index contributed by atoms with van der Waals surface area (Å²) in [6.45, 7) is 7.22. The summed E-state index contributed by atoms with van der Waals surface area (Å²) < 4.78 is 37.6. The van der Waals surface area contributed by atoms with Crippen LogP contribution in [0.5, 0.6) is 0 Å². The smallest absolute Gasteiger partial charge is 0.243 e. The molecule has 1 fully saturated rings. The van der Waals surface area contributed by atoms with Crippen LogP contribution in [-0.4, -0.2) is 71.3 Å². The average Bonchev–Trinajstić information content (AvgIpc) is 3.25. The van der Waals surface area contributed by atoms with Crippen molar-refractivity contribution in [2.24, 2.45) is 4.99 Å². The van der Waals surface area contributed by atoms with Crippen molar-refractivity contribution in [2.45, 2.75) is 56.7 Å². The largest absolute Gasteiger partial charge is 0.379 e. The first-order chi connectivity index (χ1) is 14.3. The van der Waals surface area contributed by atoms with Gasteiger partial charge in [-0.2, -0.15) is 4.31 Å². The van der Waals surface area contributed by atoms with Gasteiger partial charge in [-0.25, -0.2) is 8.42 Å². The van der Waals surface area contributed by atoms with Crippen molar-refractivity contribution in [3.63, 3.8) is 0 Å². The zero-order valence-electron chi connectivity index (χ0n) is 19.0. The fourth-order valence-corrected chi connectivity index (χ4v) is 4.37. The van der Waals surface area contributed by atoms with Gasteiger partial charge in [-0.05, 0) is 50.8 Å². The quantitative estimate of drug-likeness (QED) is 0.185. The third-order valence-corrected chi connectivity index (χ3v) is 7.14. The summed E-state index contributed by atoms with van der Waals surface area (Å²) in [6.07, 6.45) is 3.37. The highest BCUT2D eigenvalue weighted by Gasteiger charge is 2.22. The Morgan fingerprint density at radius 1 is 1.29 bits per heavy atom. The third-order valence-electron chi connectivity index (χ3n) is 5.10. The molecule has 2 rings (SSSR count). The lowest BCUT2D eigenvalue weighted by atomic mass is 10.2. The Morgan fingerprint density at radius 3 is 2.58 bits per heavy atom. The van der Waals surface area contributed by atoms with Crippen LogP contribution in [0.15, 0.2) is 34.2 Å². The second kappa shape index (κ2) is 14.2. The molecule has 1 saturated heterocycles. The van der Waals surface area contributed by atoms with Gasteiger partial charge in [0.1, 0.15) is 0 Å². The first-order valence-corrected chi connectivity index (χ1v) is 12.0. The van der Waals surface area contributed by atoms with Gasteiger partial charge >= 0.3 is 0 Å². The predicted molar refractivity (Wildman–Crippen MR) is 135 cm³/mol. The Hall–Kier alpha value is -0.950. The molecule has 2 N–H and O–H groups in total. The lowest BCUT2D eigenvalue weighted by molar-refractivity contribution is 0.0168. The van der Waals surface area contributed by atoms with Gasteiger partial charge in [-0.3, -0.25) is 4.99 Å². The van der Waals surface area contributed by atoms with Crippen molar-refractivity contribution in [1.29, 1.82) is 0 Å². The number of benzene rings is 1. The summed E-state index contributed by atoms with van der Waals surface area (Å²) in [5.74, 6) is 0.699. The molecule has 10 heteroatoms. The van der Waals surface area contributed by atoms with Gasteiger partial charge in [0.05, 0.1) is 17.6 Å². The molecule has 178 valence electrons. The van der Waals surface area contributed by atoms with Gasteiger partial charge in [-0.1, -0.05) is 12.1 Å². The van der Waals surface area contributed by atoms with E-state index in [9.17, 15) is 8.42 Å². The minimum absolute atomic E-state index is 0. The van der Waals surface area contributed by atoms with Gasteiger partial charge in [-0.15, -0.1) is 24.0 Å². The van der Waals surface area contributed by atoms with Crippen LogP contribution in [0.4, 0.5) is 0 Å². The number of nitrogens with zero attached hydrogens (tertiary/aromatic N) is 2. The molecule has 1 aromatic rings. The second-order valence-corrected chi connectivity index (χ2v) is 9.67. The maximum Gasteiger partial charge on any atom is 0.243 e. The zero-order valence-corrected chi connectivity index (χ0v) is 22.1. The van der Waals surface area contributed by atoms with E-state index >= 15 is 0 Å². The predicted octanol–water partition coefficient (Wildman–Crippen LogP) is 2.58. The summed E-state index contributed by atoms with van der Waals surface area (Å²) >= 11 is 0. The van der Waals surface area contributed by atoms with E-state index in [1.807, 2.05) is 26.0 Å². The number of nitrogens with one attached hydrogen (secondary N) is 2. The number of aliphatic imine (C=N–C) groups is 1. The Labute approximate surface area is 204 Å². The number of hydrogen-bond donors (Lipinski definition) is 2. The van der Waals surface area contributed by atoms with Crippen molar-refractivity contribution < 1.29 is 17.9 Å². The van der Waals surface area contributed by atoms with Crippen LogP contribution in [0.25, 0.3) is 0 Å². The monoisotopic (exact) mass is 568 g/mol. The lowest BCUT2D eigenvalue weighted by Gasteiger charge is -2.21. The minimum Gasteiger partial charge on any atom is -0.379 e. The molecule has 1 atom stereocenters. The van der Waals surface area contributed by atoms with E-state index in [0.29, 0.717) is 30.6 Å². The van der Waals surface area contributed by atoms with Crippen LogP contribution >= 0.6 is 24.0 Å². The topological polar surface area (TPSA) is 92.3 Å². The molecule has 1 unspecified atom stereocenters. The number of guanidine groups is 1. The molecule has 0 spiro atoms. The van der Waals surface area contributed by atoms with E-state index in [-0.39, 0.29) is 36.1 Å². The molecule has 0 aliphatic carbocycles. The molecule has 1 heterocycles. The molecule has 0 bridgehead atoms. The highest BCUT2D eigenvalue weighted by molar-refractivity contribution is 14.0. The summed E-state index contributed by atoms with van der Waals surface area (Å²) in [7, 11) is -0.140. The molecule has 1 aliphatic heterocycles. The fourth-order valence-electron chi connectivity index (χ4n) is 3.00. The van der Waals surface area contributed by atoms with Gasteiger partial charge in [0.2, 0.25) is 10.0 Å². The van der Waals surface area contributed by atoms with Crippen molar-refractivity contribution >= 4 is 40.0 Å². The molecule has 0 amide bonds. The highest BCUT2D eigenvalue weighted by Crippen LogP contribution is 2.17. The Kier molecular flexibility index (Phi) is 12.9. The average molecular weight is 569 g/mol. The third kappa shape index (κ3) is 9.21. The van der Waals surface area contributed by atoms with Crippen LogP contribution in [-0.2, 0) is 26.0 Å². The number of sulfonamides is 1. The molecule has 1 aromatic carbocycles. The van der Waals surface area contributed by atoms with Crippen LogP contribution < -0.4 is 10.6 Å². The molecular weight excluding hydrogens is 531 g/mol. The van der Waals surface area contributed by atoms with E-state index in [0.717, 1.165) is 38.0 Å². The van der Waals surface area contributed by atoms with Crippen molar-refractivity contribution in [3.8, 4) is 0 Å². The molecule has 0 saturated carbocycles. The molecule has 0 aromatic heterocycles. The van der Waals surface area contributed by atoms with Crippen LogP contribution in [0.2, 0.25) is 0 Å². The van der Waals surface area contributed by atoms with Crippen molar-refractivity contribution in [1.82, 2.24) is 14.9 Å². The van der Waals surface area contributed by atoms with Gasteiger partial charge in [0.15, 0.2) is 5.96 Å². The van der Waals surface area contributed by atoms with Crippen LogP contribution in [0.1, 0.15) is 38.7 Å². The Balaban J connectivity index is 0.00000480. The molecular formula is C21H37IN4O4S. The maximum atomic E-state index is 12.5. The molecule has 31 heavy (non-hydrogen) atoms. The van der Waals surface area contributed by atoms with E-state index in [1.54, 1.807) is 26.2 Å². The molecule has 8 nitrogen and oxygen atoms in total. The van der Waals surface area contributed by atoms with E-state index in [2.05, 4.69) is 15.6 Å². The Bertz CT molecular complexity index is 766. The number of halogens is 1. The summed E-state index contributed by atoms with van der Waals surface area (Å²) in [5.41, 5.74) is 0.976. The van der Waals surface area contributed by atoms with E-state index in [1.165, 1.54) is 4.31 Å². The summed E-state index contributed by atoms with van der Waals surface area (Å²) in [5, 5.41) is 6.49.